The topological polar surface area (TPSA) is 26.0 Å². The molecule has 0 spiro atoms. The molecule has 0 bridgehead atoms. The van der Waals surface area contributed by atoms with Gasteiger partial charge < -0.3 is 5.73 Å². The first-order valence-corrected chi connectivity index (χ1v) is 5.23. The molecule has 1 aromatic carbocycles. The Morgan fingerprint density at radius 3 is 1.68 bits per heavy atom. The van der Waals surface area contributed by atoms with Crippen molar-refractivity contribution in [2.24, 2.45) is 5.73 Å². The molecule has 1 aromatic rings. The first-order chi connectivity index (χ1) is 8.50. The van der Waals surface area contributed by atoms with Gasteiger partial charge in [-0.05, 0) is 30.7 Å². The van der Waals surface area contributed by atoms with Gasteiger partial charge in [-0.2, -0.15) is 26.3 Å². The first kappa shape index (κ1) is 15.6. The number of rotatable bonds is 2. The van der Waals surface area contributed by atoms with Crippen LogP contribution in [0.4, 0.5) is 26.3 Å². The Kier molecular flexibility index (Phi) is 4.29. The van der Waals surface area contributed by atoms with Crippen LogP contribution >= 0.6 is 0 Å². The molecule has 1 unspecified atom stereocenters. The summed E-state index contributed by atoms with van der Waals surface area (Å²) in [6, 6.07) is 0.912. The van der Waals surface area contributed by atoms with E-state index in [4.69, 9.17) is 5.73 Å². The van der Waals surface area contributed by atoms with Gasteiger partial charge in [0.1, 0.15) is 0 Å². The van der Waals surface area contributed by atoms with E-state index in [1.807, 2.05) is 0 Å². The molecule has 7 heteroatoms. The highest BCUT2D eigenvalue weighted by atomic mass is 19.4. The lowest BCUT2D eigenvalue weighted by Gasteiger charge is -2.13. The van der Waals surface area contributed by atoms with Crippen molar-refractivity contribution in [2.75, 3.05) is 0 Å². The maximum atomic E-state index is 12.5. The molecule has 0 amide bonds. The Balaban J connectivity index is 3.33. The molecule has 19 heavy (non-hydrogen) atoms. The first-order valence-electron chi connectivity index (χ1n) is 5.23. The third-order valence-corrected chi connectivity index (χ3v) is 2.20. The maximum Gasteiger partial charge on any atom is 0.416 e. The standard InChI is InChI=1S/C12H11F6N/c1-7(19)2-3-8-4-9(11(13,14)15)6-10(5-8)12(16,17)18/h2-7H,19H2,1H3/b3-2+. The van der Waals surface area contributed by atoms with Gasteiger partial charge in [-0.25, -0.2) is 0 Å². The van der Waals surface area contributed by atoms with Crippen molar-refractivity contribution in [3.8, 4) is 0 Å². The summed E-state index contributed by atoms with van der Waals surface area (Å²) in [7, 11) is 0. The van der Waals surface area contributed by atoms with Crippen LogP contribution in [0.2, 0.25) is 0 Å². The largest absolute Gasteiger partial charge is 0.416 e. The Hall–Kier alpha value is -1.50. The third kappa shape index (κ3) is 4.59. The van der Waals surface area contributed by atoms with Crippen LogP contribution < -0.4 is 5.73 Å². The van der Waals surface area contributed by atoms with Gasteiger partial charge in [0.2, 0.25) is 0 Å². The molecule has 1 atom stereocenters. The van der Waals surface area contributed by atoms with E-state index in [0.717, 1.165) is 6.08 Å². The fourth-order valence-corrected chi connectivity index (χ4v) is 1.34. The van der Waals surface area contributed by atoms with Gasteiger partial charge in [-0.3, -0.25) is 0 Å². The lowest BCUT2D eigenvalue weighted by Crippen LogP contribution is -2.12. The van der Waals surface area contributed by atoms with Gasteiger partial charge in [-0.1, -0.05) is 12.2 Å². The smallest absolute Gasteiger partial charge is 0.325 e. The second kappa shape index (κ2) is 5.24. The molecule has 0 saturated heterocycles. The predicted molar refractivity (Wildman–Crippen MR) is 59.1 cm³/mol. The quantitative estimate of drug-likeness (QED) is 0.813. The van der Waals surface area contributed by atoms with E-state index in [2.05, 4.69) is 0 Å². The summed E-state index contributed by atoms with van der Waals surface area (Å²) in [5.74, 6) is 0. The number of nitrogens with two attached hydrogens (primary N) is 1. The van der Waals surface area contributed by atoms with Crippen LogP contribution in [0.5, 0.6) is 0 Å². The molecular weight excluding hydrogens is 272 g/mol. The number of hydrogen-bond acceptors (Lipinski definition) is 1. The van der Waals surface area contributed by atoms with Gasteiger partial charge in [-0.15, -0.1) is 0 Å². The highest BCUT2D eigenvalue weighted by Gasteiger charge is 2.36. The van der Waals surface area contributed by atoms with Crippen LogP contribution in [0, 0.1) is 0 Å². The molecule has 106 valence electrons. The predicted octanol–water partition coefficient (Wildman–Crippen LogP) is 4.08. The van der Waals surface area contributed by atoms with Crippen LogP contribution in [0.3, 0.4) is 0 Å². The second-order valence-corrected chi connectivity index (χ2v) is 4.06. The normalized spacial score (nSPS) is 14.9. The lowest BCUT2D eigenvalue weighted by atomic mass is 10.0. The van der Waals surface area contributed by atoms with Crippen molar-refractivity contribution in [2.45, 2.75) is 25.3 Å². The van der Waals surface area contributed by atoms with Crippen molar-refractivity contribution in [1.82, 2.24) is 0 Å². The van der Waals surface area contributed by atoms with Crippen LogP contribution in [0.1, 0.15) is 23.6 Å². The highest BCUT2D eigenvalue weighted by molar-refractivity contribution is 5.53. The highest BCUT2D eigenvalue weighted by Crippen LogP contribution is 2.36. The van der Waals surface area contributed by atoms with E-state index in [9.17, 15) is 26.3 Å². The fourth-order valence-electron chi connectivity index (χ4n) is 1.34. The van der Waals surface area contributed by atoms with Crippen molar-refractivity contribution < 1.29 is 26.3 Å². The fraction of sp³-hybridized carbons (Fsp3) is 0.333. The molecule has 0 aliphatic heterocycles. The summed E-state index contributed by atoms with van der Waals surface area (Å²) >= 11 is 0. The molecule has 1 nitrogen and oxygen atoms in total. The molecule has 1 rings (SSSR count). The van der Waals surface area contributed by atoms with E-state index in [-0.39, 0.29) is 11.6 Å². The Morgan fingerprint density at radius 1 is 0.947 bits per heavy atom. The second-order valence-electron chi connectivity index (χ2n) is 4.06. The molecule has 0 saturated carbocycles. The zero-order valence-corrected chi connectivity index (χ0v) is 9.81. The van der Waals surface area contributed by atoms with Crippen LogP contribution in [-0.4, -0.2) is 6.04 Å². The summed E-state index contributed by atoms with van der Waals surface area (Å²) in [5, 5.41) is 0. The van der Waals surface area contributed by atoms with Crippen LogP contribution in [-0.2, 0) is 12.4 Å². The molecule has 0 aromatic heterocycles. The van der Waals surface area contributed by atoms with Crippen molar-refractivity contribution in [1.29, 1.82) is 0 Å². The molecule has 0 heterocycles. The zero-order chi connectivity index (χ0) is 14.8. The van der Waals surface area contributed by atoms with Gasteiger partial charge >= 0.3 is 12.4 Å². The third-order valence-electron chi connectivity index (χ3n) is 2.20. The monoisotopic (exact) mass is 283 g/mol. The molecule has 0 aliphatic carbocycles. The summed E-state index contributed by atoms with van der Waals surface area (Å²) < 4.78 is 75.1. The summed E-state index contributed by atoms with van der Waals surface area (Å²) in [6.07, 6.45) is -7.22. The van der Waals surface area contributed by atoms with E-state index < -0.39 is 29.5 Å². The summed E-state index contributed by atoms with van der Waals surface area (Å²) in [5.41, 5.74) is 2.48. The minimum absolute atomic E-state index is 0.0865. The van der Waals surface area contributed by atoms with Gasteiger partial charge in [0.25, 0.3) is 0 Å². The SMILES string of the molecule is CC(N)/C=C/c1cc(C(F)(F)F)cc(C(F)(F)F)c1. The van der Waals surface area contributed by atoms with E-state index in [1.54, 1.807) is 6.92 Å². The van der Waals surface area contributed by atoms with Crippen molar-refractivity contribution in [3.05, 3.63) is 41.0 Å². The van der Waals surface area contributed by atoms with Gasteiger partial charge in [0.15, 0.2) is 0 Å². The number of benzene rings is 1. The van der Waals surface area contributed by atoms with Gasteiger partial charge in [0, 0.05) is 6.04 Å². The minimum Gasteiger partial charge on any atom is -0.325 e. The van der Waals surface area contributed by atoms with Crippen molar-refractivity contribution >= 4 is 6.08 Å². The summed E-state index contributed by atoms with van der Waals surface area (Å²) in [6.45, 7) is 1.55. The van der Waals surface area contributed by atoms with E-state index in [1.165, 1.54) is 6.08 Å². The van der Waals surface area contributed by atoms with E-state index in [0.29, 0.717) is 12.1 Å². The molecule has 2 N–H and O–H groups in total. The van der Waals surface area contributed by atoms with Crippen molar-refractivity contribution in [3.63, 3.8) is 0 Å². The Morgan fingerprint density at radius 2 is 1.37 bits per heavy atom. The number of halogens is 6. The summed E-state index contributed by atoms with van der Waals surface area (Å²) in [4.78, 5) is 0. The Labute approximate surface area is 105 Å². The average molecular weight is 283 g/mol. The van der Waals surface area contributed by atoms with Gasteiger partial charge in [0.05, 0.1) is 11.1 Å². The van der Waals surface area contributed by atoms with E-state index >= 15 is 0 Å². The number of alkyl halides is 6. The lowest BCUT2D eigenvalue weighted by molar-refractivity contribution is -0.143. The minimum atomic E-state index is -4.84. The average Bonchev–Trinajstić information content (AvgIpc) is 2.23. The Bertz CT molecular complexity index is 438. The molecule has 0 aliphatic rings. The molecule has 0 fully saturated rings. The maximum absolute atomic E-state index is 12.5. The number of hydrogen-bond donors (Lipinski definition) is 1. The molecule has 0 radical (unpaired) electrons. The van der Waals surface area contributed by atoms with Crippen LogP contribution in [0.25, 0.3) is 6.08 Å². The van der Waals surface area contributed by atoms with Crippen LogP contribution in [0.15, 0.2) is 24.3 Å². The zero-order valence-electron chi connectivity index (χ0n) is 9.81. The molecular formula is C12H11F6N.